The first-order valence-electron chi connectivity index (χ1n) is 4.84. The van der Waals surface area contributed by atoms with Crippen LogP contribution in [0.25, 0.3) is 0 Å². The fourth-order valence-corrected chi connectivity index (χ4v) is 1.56. The van der Waals surface area contributed by atoms with E-state index in [4.69, 9.17) is 0 Å². The molecule has 1 aliphatic rings. The van der Waals surface area contributed by atoms with E-state index in [1.54, 1.807) is 12.1 Å². The molecule has 0 unspecified atom stereocenters. The standard InChI is InChI=1S/C11H14FN/c12-10-6-1-2-7-11(10)13-8-9-4-3-5-9/h1-2,6-7,9,13H,3-5,8H2. The zero-order chi connectivity index (χ0) is 9.10. The Morgan fingerprint density at radius 3 is 2.69 bits per heavy atom. The van der Waals surface area contributed by atoms with E-state index in [2.05, 4.69) is 5.32 Å². The third-order valence-corrected chi connectivity index (χ3v) is 2.68. The lowest BCUT2D eigenvalue weighted by Gasteiger charge is -2.25. The smallest absolute Gasteiger partial charge is 0.146 e. The lowest BCUT2D eigenvalue weighted by atomic mass is 9.85. The van der Waals surface area contributed by atoms with Gasteiger partial charge < -0.3 is 5.32 Å². The van der Waals surface area contributed by atoms with Gasteiger partial charge in [0.1, 0.15) is 5.82 Å². The third-order valence-electron chi connectivity index (χ3n) is 2.68. The molecule has 1 fully saturated rings. The molecule has 1 aliphatic carbocycles. The van der Waals surface area contributed by atoms with Gasteiger partial charge in [-0.25, -0.2) is 4.39 Å². The zero-order valence-corrected chi connectivity index (χ0v) is 7.59. The van der Waals surface area contributed by atoms with Crippen molar-refractivity contribution in [3.05, 3.63) is 30.1 Å². The highest BCUT2D eigenvalue weighted by Gasteiger charge is 2.16. The second kappa shape index (κ2) is 3.77. The highest BCUT2D eigenvalue weighted by Crippen LogP contribution is 2.26. The highest BCUT2D eigenvalue weighted by molar-refractivity contribution is 5.44. The van der Waals surface area contributed by atoms with Gasteiger partial charge in [0.05, 0.1) is 5.69 Å². The van der Waals surface area contributed by atoms with Gasteiger partial charge in [0, 0.05) is 6.54 Å². The summed E-state index contributed by atoms with van der Waals surface area (Å²) in [5, 5.41) is 3.14. The Labute approximate surface area is 78.0 Å². The second-order valence-electron chi connectivity index (χ2n) is 3.66. The minimum atomic E-state index is -0.151. The van der Waals surface area contributed by atoms with Crippen molar-refractivity contribution in [3.8, 4) is 0 Å². The maximum atomic E-state index is 13.1. The van der Waals surface area contributed by atoms with Crippen molar-refractivity contribution < 1.29 is 4.39 Å². The molecule has 1 aromatic rings. The molecule has 1 nitrogen and oxygen atoms in total. The molecule has 0 radical (unpaired) electrons. The molecular formula is C11H14FN. The van der Waals surface area contributed by atoms with Crippen molar-refractivity contribution in [2.75, 3.05) is 11.9 Å². The first-order chi connectivity index (χ1) is 6.36. The summed E-state index contributed by atoms with van der Waals surface area (Å²) >= 11 is 0. The number of nitrogens with one attached hydrogen (secondary N) is 1. The topological polar surface area (TPSA) is 12.0 Å². The van der Waals surface area contributed by atoms with E-state index in [0.29, 0.717) is 5.69 Å². The molecule has 0 amide bonds. The summed E-state index contributed by atoms with van der Waals surface area (Å²) in [5.74, 6) is 0.612. The van der Waals surface area contributed by atoms with Crippen LogP contribution in [0.15, 0.2) is 24.3 Å². The van der Waals surface area contributed by atoms with Crippen LogP contribution in [0.1, 0.15) is 19.3 Å². The Hall–Kier alpha value is -1.05. The molecule has 2 heteroatoms. The molecular weight excluding hydrogens is 165 g/mol. The Bertz CT molecular complexity index is 281. The van der Waals surface area contributed by atoms with Crippen LogP contribution in [-0.2, 0) is 0 Å². The van der Waals surface area contributed by atoms with Crippen LogP contribution in [0.4, 0.5) is 10.1 Å². The average molecular weight is 179 g/mol. The molecule has 13 heavy (non-hydrogen) atoms. The lowest BCUT2D eigenvalue weighted by molar-refractivity contribution is 0.333. The zero-order valence-electron chi connectivity index (χ0n) is 7.59. The number of benzene rings is 1. The van der Waals surface area contributed by atoms with E-state index >= 15 is 0 Å². The number of para-hydroxylation sites is 1. The molecule has 1 saturated carbocycles. The summed E-state index contributed by atoms with van der Waals surface area (Å²) < 4.78 is 13.1. The van der Waals surface area contributed by atoms with Crippen molar-refractivity contribution in [2.24, 2.45) is 5.92 Å². The van der Waals surface area contributed by atoms with E-state index in [1.807, 2.05) is 6.07 Å². The summed E-state index contributed by atoms with van der Waals surface area (Å²) in [5.41, 5.74) is 0.634. The first-order valence-corrected chi connectivity index (χ1v) is 4.84. The fourth-order valence-electron chi connectivity index (χ4n) is 1.56. The van der Waals surface area contributed by atoms with Gasteiger partial charge in [-0.2, -0.15) is 0 Å². The van der Waals surface area contributed by atoms with E-state index in [-0.39, 0.29) is 5.82 Å². The van der Waals surface area contributed by atoms with Crippen molar-refractivity contribution in [3.63, 3.8) is 0 Å². The number of hydrogen-bond acceptors (Lipinski definition) is 1. The fraction of sp³-hybridized carbons (Fsp3) is 0.455. The lowest BCUT2D eigenvalue weighted by Crippen LogP contribution is -2.21. The largest absolute Gasteiger partial charge is 0.382 e. The summed E-state index contributed by atoms with van der Waals surface area (Å²) in [6.07, 6.45) is 3.92. The highest BCUT2D eigenvalue weighted by atomic mass is 19.1. The van der Waals surface area contributed by atoms with Gasteiger partial charge in [-0.05, 0) is 30.9 Å². The molecule has 0 spiro atoms. The SMILES string of the molecule is Fc1ccccc1NCC1CCC1. The van der Waals surface area contributed by atoms with E-state index in [0.717, 1.165) is 12.5 Å². The normalized spacial score (nSPS) is 16.7. The van der Waals surface area contributed by atoms with Gasteiger partial charge in [0.15, 0.2) is 0 Å². The molecule has 0 bridgehead atoms. The van der Waals surface area contributed by atoms with Gasteiger partial charge >= 0.3 is 0 Å². The van der Waals surface area contributed by atoms with Gasteiger partial charge in [-0.15, -0.1) is 0 Å². The van der Waals surface area contributed by atoms with Crippen LogP contribution in [0.3, 0.4) is 0 Å². The summed E-state index contributed by atoms with van der Waals surface area (Å²) in [6.45, 7) is 0.918. The van der Waals surface area contributed by atoms with Crippen LogP contribution in [0.2, 0.25) is 0 Å². The van der Waals surface area contributed by atoms with E-state index in [1.165, 1.54) is 25.3 Å². The van der Waals surface area contributed by atoms with Crippen LogP contribution < -0.4 is 5.32 Å². The minimum absolute atomic E-state index is 0.151. The molecule has 0 heterocycles. The van der Waals surface area contributed by atoms with Crippen LogP contribution >= 0.6 is 0 Å². The molecule has 0 saturated heterocycles. The minimum Gasteiger partial charge on any atom is -0.382 e. The summed E-state index contributed by atoms with van der Waals surface area (Å²) in [6, 6.07) is 6.84. The molecule has 0 atom stereocenters. The summed E-state index contributed by atoms with van der Waals surface area (Å²) in [7, 11) is 0. The molecule has 70 valence electrons. The van der Waals surface area contributed by atoms with Crippen LogP contribution in [0, 0.1) is 11.7 Å². The molecule has 0 aliphatic heterocycles. The second-order valence-corrected chi connectivity index (χ2v) is 3.66. The molecule has 2 rings (SSSR count). The molecule has 0 aromatic heterocycles. The predicted octanol–water partition coefficient (Wildman–Crippen LogP) is 3.04. The maximum Gasteiger partial charge on any atom is 0.146 e. The Kier molecular flexibility index (Phi) is 2.48. The van der Waals surface area contributed by atoms with Crippen LogP contribution in [-0.4, -0.2) is 6.54 Å². The molecule has 1 N–H and O–H groups in total. The average Bonchev–Trinajstić information content (AvgIpc) is 2.05. The van der Waals surface area contributed by atoms with Gasteiger partial charge in [0.25, 0.3) is 0 Å². The Morgan fingerprint density at radius 2 is 2.08 bits per heavy atom. The van der Waals surface area contributed by atoms with Crippen LogP contribution in [0.5, 0.6) is 0 Å². The number of halogens is 1. The quantitative estimate of drug-likeness (QED) is 0.752. The molecule has 1 aromatic carbocycles. The Balaban J connectivity index is 1.89. The number of hydrogen-bond donors (Lipinski definition) is 1. The third kappa shape index (κ3) is 2.00. The van der Waals surface area contributed by atoms with Gasteiger partial charge in [-0.1, -0.05) is 18.6 Å². The Morgan fingerprint density at radius 1 is 1.31 bits per heavy atom. The van der Waals surface area contributed by atoms with Gasteiger partial charge in [-0.3, -0.25) is 0 Å². The van der Waals surface area contributed by atoms with Crippen molar-refractivity contribution >= 4 is 5.69 Å². The maximum absolute atomic E-state index is 13.1. The number of rotatable bonds is 3. The monoisotopic (exact) mass is 179 g/mol. The predicted molar refractivity (Wildman–Crippen MR) is 52.2 cm³/mol. The first kappa shape index (κ1) is 8.54. The van der Waals surface area contributed by atoms with Crippen molar-refractivity contribution in [1.82, 2.24) is 0 Å². The number of anilines is 1. The van der Waals surface area contributed by atoms with E-state index < -0.39 is 0 Å². The van der Waals surface area contributed by atoms with Gasteiger partial charge in [0.2, 0.25) is 0 Å². The van der Waals surface area contributed by atoms with E-state index in [9.17, 15) is 4.39 Å². The summed E-state index contributed by atoms with van der Waals surface area (Å²) in [4.78, 5) is 0. The van der Waals surface area contributed by atoms with Crippen molar-refractivity contribution in [2.45, 2.75) is 19.3 Å². The van der Waals surface area contributed by atoms with Crippen molar-refractivity contribution in [1.29, 1.82) is 0 Å².